The SMILES string of the molecule is C[C@H](NC(=O)CSc1nnc2c(n1)[nH]c1ccccc12)c1ccc(F)cc1F. The standard InChI is InChI=1S/C19H15F2N5OS/c1-10(12-7-6-11(20)8-14(12)21)22-16(27)9-28-19-24-18-17(25-26-19)13-4-2-3-5-15(13)23-18/h2-8,10H,9H2,1H3,(H,22,27)(H,23,24,26)/t10-/m0/s1. The fourth-order valence-electron chi connectivity index (χ4n) is 2.91. The van der Waals surface area contributed by atoms with Crippen molar-refractivity contribution >= 4 is 39.7 Å². The number of H-pyrrole nitrogens is 1. The number of nitrogens with one attached hydrogen (secondary N) is 2. The molecule has 0 saturated carbocycles. The van der Waals surface area contributed by atoms with Crippen molar-refractivity contribution in [1.29, 1.82) is 0 Å². The molecule has 0 aliphatic carbocycles. The molecule has 6 nitrogen and oxygen atoms in total. The molecule has 2 aromatic heterocycles. The smallest absolute Gasteiger partial charge is 0.230 e. The maximum absolute atomic E-state index is 13.8. The number of carbonyl (C=O) groups excluding carboxylic acids is 1. The highest BCUT2D eigenvalue weighted by atomic mass is 32.2. The number of nitrogens with zero attached hydrogens (tertiary/aromatic N) is 3. The number of hydrogen-bond donors (Lipinski definition) is 2. The molecule has 0 radical (unpaired) electrons. The minimum absolute atomic E-state index is 0.0422. The Kier molecular flexibility index (Phi) is 4.91. The van der Waals surface area contributed by atoms with Crippen LogP contribution in [0.2, 0.25) is 0 Å². The number of thioether (sulfide) groups is 1. The van der Waals surface area contributed by atoms with E-state index < -0.39 is 17.7 Å². The van der Waals surface area contributed by atoms with Crippen LogP contribution in [0.1, 0.15) is 18.5 Å². The summed E-state index contributed by atoms with van der Waals surface area (Å²) >= 11 is 1.13. The lowest BCUT2D eigenvalue weighted by Crippen LogP contribution is -2.28. The van der Waals surface area contributed by atoms with Crippen LogP contribution in [0.25, 0.3) is 22.1 Å². The lowest BCUT2D eigenvalue weighted by molar-refractivity contribution is -0.119. The summed E-state index contributed by atoms with van der Waals surface area (Å²) in [6, 6.07) is 10.4. The van der Waals surface area contributed by atoms with Crippen LogP contribution in [0.5, 0.6) is 0 Å². The van der Waals surface area contributed by atoms with Crippen molar-refractivity contribution < 1.29 is 13.6 Å². The van der Waals surface area contributed by atoms with Crippen LogP contribution in [0.3, 0.4) is 0 Å². The molecular formula is C19H15F2N5OS. The summed E-state index contributed by atoms with van der Waals surface area (Å²) in [5.74, 6) is -1.63. The van der Waals surface area contributed by atoms with Gasteiger partial charge in [-0.1, -0.05) is 36.0 Å². The second-order valence-corrected chi connectivity index (χ2v) is 7.15. The molecule has 0 unspecified atom stereocenters. The van der Waals surface area contributed by atoms with Crippen molar-refractivity contribution in [2.24, 2.45) is 0 Å². The Hall–Kier alpha value is -3.07. The van der Waals surface area contributed by atoms with Crippen LogP contribution in [0.4, 0.5) is 8.78 Å². The zero-order valence-electron chi connectivity index (χ0n) is 14.7. The molecule has 1 amide bonds. The van der Waals surface area contributed by atoms with Gasteiger partial charge in [0.15, 0.2) is 5.65 Å². The Morgan fingerprint density at radius 3 is 2.86 bits per heavy atom. The van der Waals surface area contributed by atoms with Gasteiger partial charge in [0.2, 0.25) is 11.1 Å². The third kappa shape index (κ3) is 3.65. The molecule has 28 heavy (non-hydrogen) atoms. The van der Waals surface area contributed by atoms with Crippen molar-refractivity contribution in [3.05, 3.63) is 59.7 Å². The number of halogens is 2. The van der Waals surface area contributed by atoms with Crippen LogP contribution < -0.4 is 5.32 Å². The highest BCUT2D eigenvalue weighted by Gasteiger charge is 2.15. The number of carbonyl (C=O) groups is 1. The first kappa shape index (κ1) is 18.3. The van der Waals surface area contributed by atoms with E-state index >= 15 is 0 Å². The molecule has 0 aliphatic heterocycles. The average Bonchev–Trinajstić information content (AvgIpc) is 3.04. The third-order valence-electron chi connectivity index (χ3n) is 4.24. The summed E-state index contributed by atoms with van der Waals surface area (Å²) in [7, 11) is 0. The van der Waals surface area contributed by atoms with Gasteiger partial charge in [0.1, 0.15) is 17.2 Å². The summed E-state index contributed by atoms with van der Waals surface area (Å²) in [5.41, 5.74) is 2.40. The quantitative estimate of drug-likeness (QED) is 0.500. The maximum atomic E-state index is 13.8. The van der Waals surface area contributed by atoms with Gasteiger partial charge in [0, 0.05) is 22.5 Å². The number of aromatic nitrogens is 4. The zero-order valence-corrected chi connectivity index (χ0v) is 15.6. The van der Waals surface area contributed by atoms with Crippen molar-refractivity contribution in [1.82, 2.24) is 25.5 Å². The van der Waals surface area contributed by atoms with Gasteiger partial charge in [-0.2, -0.15) is 0 Å². The third-order valence-corrected chi connectivity index (χ3v) is 5.08. The molecule has 0 bridgehead atoms. The Morgan fingerprint density at radius 1 is 1.21 bits per heavy atom. The van der Waals surface area contributed by atoms with E-state index in [0.29, 0.717) is 16.3 Å². The number of para-hydroxylation sites is 1. The average molecular weight is 399 g/mol. The van der Waals surface area contributed by atoms with E-state index in [2.05, 4.69) is 25.5 Å². The topological polar surface area (TPSA) is 83.6 Å². The van der Waals surface area contributed by atoms with E-state index in [1.807, 2.05) is 24.3 Å². The van der Waals surface area contributed by atoms with Gasteiger partial charge in [-0.25, -0.2) is 13.8 Å². The molecule has 0 aliphatic rings. The Labute approximate surface area is 162 Å². The largest absolute Gasteiger partial charge is 0.349 e. The first-order valence-electron chi connectivity index (χ1n) is 8.49. The minimum atomic E-state index is -0.697. The Bertz CT molecular complexity index is 1180. The highest BCUT2D eigenvalue weighted by Crippen LogP contribution is 2.23. The minimum Gasteiger partial charge on any atom is -0.349 e. The van der Waals surface area contributed by atoms with Gasteiger partial charge in [0.05, 0.1) is 11.8 Å². The van der Waals surface area contributed by atoms with Gasteiger partial charge in [-0.15, -0.1) is 10.2 Å². The fourth-order valence-corrected chi connectivity index (χ4v) is 3.51. The van der Waals surface area contributed by atoms with Crippen LogP contribution in [-0.4, -0.2) is 31.8 Å². The van der Waals surface area contributed by atoms with Crippen molar-refractivity contribution in [3.63, 3.8) is 0 Å². The predicted molar refractivity (Wildman–Crippen MR) is 103 cm³/mol. The summed E-state index contributed by atoms with van der Waals surface area (Å²) < 4.78 is 26.8. The lowest BCUT2D eigenvalue weighted by Gasteiger charge is -2.14. The molecule has 0 saturated heterocycles. The maximum Gasteiger partial charge on any atom is 0.230 e. The molecule has 2 N–H and O–H groups in total. The van der Waals surface area contributed by atoms with Crippen LogP contribution in [0, 0.1) is 11.6 Å². The molecule has 142 valence electrons. The van der Waals surface area contributed by atoms with E-state index in [1.54, 1.807) is 6.92 Å². The number of aromatic amines is 1. The molecule has 2 heterocycles. The normalized spacial score (nSPS) is 12.4. The molecule has 4 rings (SSSR count). The number of rotatable bonds is 5. The molecule has 1 atom stereocenters. The summed E-state index contributed by atoms with van der Waals surface area (Å²) in [6.07, 6.45) is 0. The molecular weight excluding hydrogens is 384 g/mol. The Morgan fingerprint density at radius 2 is 2.04 bits per heavy atom. The second-order valence-electron chi connectivity index (χ2n) is 6.21. The van der Waals surface area contributed by atoms with Gasteiger partial charge in [-0.3, -0.25) is 4.79 Å². The van der Waals surface area contributed by atoms with Crippen molar-refractivity contribution in [3.8, 4) is 0 Å². The highest BCUT2D eigenvalue weighted by molar-refractivity contribution is 7.99. The van der Waals surface area contributed by atoms with E-state index in [-0.39, 0.29) is 17.2 Å². The summed E-state index contributed by atoms with van der Waals surface area (Å²) in [5, 5.41) is 12.2. The van der Waals surface area contributed by atoms with Crippen molar-refractivity contribution in [2.75, 3.05) is 5.75 Å². The number of benzene rings is 2. The first-order chi connectivity index (χ1) is 13.5. The molecule has 9 heteroatoms. The number of fused-ring (bicyclic) bond motifs is 3. The van der Waals surface area contributed by atoms with Crippen LogP contribution >= 0.6 is 11.8 Å². The van der Waals surface area contributed by atoms with Crippen LogP contribution in [0.15, 0.2) is 47.6 Å². The van der Waals surface area contributed by atoms with Crippen molar-refractivity contribution in [2.45, 2.75) is 18.1 Å². The van der Waals surface area contributed by atoms with E-state index in [4.69, 9.17) is 0 Å². The first-order valence-corrected chi connectivity index (χ1v) is 9.48. The van der Waals surface area contributed by atoms with E-state index in [0.717, 1.165) is 34.8 Å². The van der Waals surface area contributed by atoms with Gasteiger partial charge in [0.25, 0.3) is 0 Å². The summed E-state index contributed by atoms with van der Waals surface area (Å²) in [6.45, 7) is 1.63. The van der Waals surface area contributed by atoms with Gasteiger partial charge in [-0.05, 0) is 19.1 Å². The van der Waals surface area contributed by atoms with E-state index in [9.17, 15) is 13.6 Å². The predicted octanol–water partition coefficient (Wildman–Crippen LogP) is 3.75. The van der Waals surface area contributed by atoms with Gasteiger partial charge < -0.3 is 10.3 Å². The molecule has 0 fully saturated rings. The van der Waals surface area contributed by atoms with E-state index in [1.165, 1.54) is 6.07 Å². The van der Waals surface area contributed by atoms with Gasteiger partial charge >= 0.3 is 0 Å². The zero-order chi connectivity index (χ0) is 19.7. The summed E-state index contributed by atoms with van der Waals surface area (Å²) in [4.78, 5) is 19.7. The monoisotopic (exact) mass is 399 g/mol. The second kappa shape index (κ2) is 7.51. The molecule has 0 spiro atoms. The fraction of sp³-hybridized carbons (Fsp3) is 0.158. The number of hydrogen-bond acceptors (Lipinski definition) is 5. The number of amides is 1. The lowest BCUT2D eigenvalue weighted by atomic mass is 10.1. The Balaban J connectivity index is 1.42. The van der Waals surface area contributed by atoms with Crippen LogP contribution in [-0.2, 0) is 4.79 Å². The molecule has 4 aromatic rings. The molecule has 2 aromatic carbocycles.